The van der Waals surface area contributed by atoms with Crippen LogP contribution in [0.5, 0.6) is 5.75 Å². The summed E-state index contributed by atoms with van der Waals surface area (Å²) in [4.78, 5) is 16.0. The van der Waals surface area contributed by atoms with Crippen molar-refractivity contribution in [1.82, 2.24) is 9.80 Å². The average Bonchev–Trinajstić information content (AvgIpc) is 2.66. The van der Waals surface area contributed by atoms with Crippen LogP contribution in [0.15, 0.2) is 42.1 Å². The Morgan fingerprint density at radius 2 is 1.79 bits per heavy atom. The van der Waals surface area contributed by atoms with Crippen LogP contribution in [0.1, 0.15) is 30.5 Å². The molecule has 1 aliphatic rings. The van der Waals surface area contributed by atoms with Gasteiger partial charge in [0, 0.05) is 24.2 Å². The van der Waals surface area contributed by atoms with Crippen molar-refractivity contribution in [3.63, 3.8) is 0 Å². The summed E-state index contributed by atoms with van der Waals surface area (Å²) in [6.07, 6.45) is 0. The van der Waals surface area contributed by atoms with Crippen molar-refractivity contribution in [2.24, 2.45) is 0 Å². The molecule has 0 radical (unpaired) electrons. The summed E-state index contributed by atoms with van der Waals surface area (Å²) < 4.78 is 19.3. The highest BCUT2D eigenvalue weighted by molar-refractivity contribution is 6.30. The van der Waals surface area contributed by atoms with Gasteiger partial charge in [0.25, 0.3) is 0 Å². The third-order valence-corrected chi connectivity index (χ3v) is 5.67. The van der Waals surface area contributed by atoms with E-state index in [1.165, 1.54) is 12.1 Å². The summed E-state index contributed by atoms with van der Waals surface area (Å²) in [6.45, 7) is 9.63. The molecule has 4 nitrogen and oxygen atoms in total. The standard InChI is InChI=1S/C23H26ClFN2O2/c1-15-9-20(24)10-16(2)23(15)29-14-26-11-17(3)27(22(13-28)18(26)4)12-19-5-7-21(25)8-6-19/h5-10,17-18H,11-12,14H2,1-4H3/t17-,18+/m1/s1. The maximum Gasteiger partial charge on any atom is 0.147 e. The van der Waals surface area contributed by atoms with Gasteiger partial charge in [0.15, 0.2) is 0 Å². The van der Waals surface area contributed by atoms with Crippen molar-refractivity contribution in [3.05, 3.63) is 69.6 Å². The molecule has 3 rings (SSSR count). The first-order chi connectivity index (χ1) is 13.8. The Morgan fingerprint density at radius 3 is 2.38 bits per heavy atom. The molecule has 0 bridgehead atoms. The summed E-state index contributed by atoms with van der Waals surface area (Å²) in [5.74, 6) is 2.68. The lowest BCUT2D eigenvalue weighted by Crippen LogP contribution is -2.55. The molecule has 6 heteroatoms. The number of ether oxygens (including phenoxy) is 1. The van der Waals surface area contributed by atoms with Gasteiger partial charge in [-0.25, -0.2) is 9.18 Å². The monoisotopic (exact) mass is 416 g/mol. The van der Waals surface area contributed by atoms with Gasteiger partial charge in [-0.2, -0.15) is 0 Å². The number of nitrogens with zero attached hydrogens (tertiary/aromatic N) is 2. The highest BCUT2D eigenvalue weighted by atomic mass is 35.5. The number of carbonyl (C=O) groups excluding carboxylic acids is 1. The van der Waals surface area contributed by atoms with E-state index >= 15 is 0 Å². The molecular weight excluding hydrogens is 391 g/mol. The molecule has 0 aliphatic carbocycles. The zero-order valence-electron chi connectivity index (χ0n) is 17.2. The van der Waals surface area contributed by atoms with Crippen molar-refractivity contribution in [2.45, 2.75) is 46.3 Å². The van der Waals surface area contributed by atoms with Crippen LogP contribution in [-0.2, 0) is 11.3 Å². The Kier molecular flexibility index (Phi) is 6.63. The Hall–Kier alpha value is -2.33. The number of rotatable bonds is 5. The SMILES string of the molecule is Cc1cc(Cl)cc(C)c1OCN1C[C@@H](C)N(Cc2ccc(F)cc2)C(=C=O)[C@@H]1C. The maximum absolute atomic E-state index is 13.2. The van der Waals surface area contributed by atoms with E-state index in [-0.39, 0.29) is 17.9 Å². The minimum absolute atomic E-state index is 0.0868. The number of halogens is 2. The van der Waals surface area contributed by atoms with Gasteiger partial charge >= 0.3 is 0 Å². The smallest absolute Gasteiger partial charge is 0.147 e. The summed E-state index contributed by atoms with van der Waals surface area (Å²) in [7, 11) is 0. The van der Waals surface area contributed by atoms with Gasteiger partial charge < -0.3 is 9.64 Å². The maximum atomic E-state index is 13.2. The topological polar surface area (TPSA) is 32.8 Å². The molecule has 1 aliphatic heterocycles. The van der Waals surface area contributed by atoms with Crippen molar-refractivity contribution in [1.29, 1.82) is 0 Å². The van der Waals surface area contributed by atoms with Gasteiger partial charge in [0.1, 0.15) is 29.9 Å². The Labute approximate surface area is 176 Å². The first-order valence-electron chi connectivity index (χ1n) is 9.69. The normalized spacial score (nSPS) is 19.9. The molecule has 154 valence electrons. The van der Waals surface area contributed by atoms with Gasteiger partial charge in [0.2, 0.25) is 0 Å². The molecule has 0 spiro atoms. The predicted octanol–water partition coefficient (Wildman–Crippen LogP) is 4.74. The average molecular weight is 417 g/mol. The van der Waals surface area contributed by atoms with E-state index in [2.05, 4.69) is 17.8 Å². The van der Waals surface area contributed by atoms with Crippen LogP contribution >= 0.6 is 11.6 Å². The second-order valence-electron chi connectivity index (χ2n) is 7.68. The second kappa shape index (κ2) is 9.00. The van der Waals surface area contributed by atoms with E-state index in [1.807, 2.05) is 37.8 Å². The molecule has 2 aromatic carbocycles. The number of hydrogen-bond donors (Lipinski definition) is 0. The first kappa shape index (κ1) is 21.4. The number of hydrogen-bond acceptors (Lipinski definition) is 4. The summed E-state index contributed by atoms with van der Waals surface area (Å²) >= 11 is 6.10. The molecule has 0 aromatic heterocycles. The molecule has 2 aromatic rings. The lowest BCUT2D eigenvalue weighted by atomic mass is 10.0. The molecule has 0 saturated carbocycles. The van der Waals surface area contributed by atoms with E-state index in [4.69, 9.17) is 16.3 Å². The Morgan fingerprint density at radius 1 is 1.17 bits per heavy atom. The molecule has 1 saturated heterocycles. The van der Waals surface area contributed by atoms with E-state index in [0.717, 1.165) is 29.0 Å². The number of benzene rings is 2. The number of piperazine rings is 1. The third-order valence-electron chi connectivity index (χ3n) is 5.45. The number of aryl methyl sites for hydroxylation is 2. The van der Waals surface area contributed by atoms with Crippen molar-refractivity contribution in [3.8, 4) is 5.75 Å². The molecule has 0 unspecified atom stereocenters. The van der Waals surface area contributed by atoms with Crippen molar-refractivity contribution in [2.75, 3.05) is 13.3 Å². The van der Waals surface area contributed by atoms with Crippen LogP contribution in [0.3, 0.4) is 0 Å². The highest BCUT2D eigenvalue weighted by Crippen LogP contribution is 2.29. The molecule has 1 heterocycles. The fourth-order valence-electron chi connectivity index (χ4n) is 3.85. The second-order valence-corrected chi connectivity index (χ2v) is 8.12. The minimum Gasteiger partial charge on any atom is -0.478 e. The Bertz CT molecular complexity index is 902. The molecule has 0 amide bonds. The molecule has 0 N–H and O–H groups in total. The van der Waals surface area contributed by atoms with Crippen LogP contribution in [0.25, 0.3) is 0 Å². The van der Waals surface area contributed by atoms with Gasteiger partial charge in [-0.3, -0.25) is 4.90 Å². The summed E-state index contributed by atoms with van der Waals surface area (Å²) in [5.41, 5.74) is 3.50. The fraction of sp³-hybridized carbons (Fsp3) is 0.391. The zero-order valence-corrected chi connectivity index (χ0v) is 18.0. The first-order valence-corrected chi connectivity index (χ1v) is 10.1. The lowest BCUT2D eigenvalue weighted by Gasteiger charge is -2.45. The molecular formula is C23H26ClFN2O2. The van der Waals surface area contributed by atoms with Crippen molar-refractivity contribution >= 4 is 17.5 Å². The largest absolute Gasteiger partial charge is 0.478 e. The summed E-state index contributed by atoms with van der Waals surface area (Å²) in [6, 6.07) is 10.1. The van der Waals surface area contributed by atoms with E-state index in [1.54, 1.807) is 12.1 Å². The van der Waals surface area contributed by atoms with Crippen LogP contribution < -0.4 is 4.74 Å². The quantitative estimate of drug-likeness (QED) is 0.659. The Balaban J connectivity index is 1.73. The van der Waals surface area contributed by atoms with Crippen LogP contribution in [0.4, 0.5) is 4.39 Å². The molecule has 2 atom stereocenters. The van der Waals surface area contributed by atoms with Gasteiger partial charge in [-0.15, -0.1) is 0 Å². The van der Waals surface area contributed by atoms with Crippen LogP contribution in [0, 0.1) is 19.7 Å². The molecule has 29 heavy (non-hydrogen) atoms. The van der Waals surface area contributed by atoms with E-state index < -0.39 is 0 Å². The zero-order chi connectivity index (χ0) is 21.1. The van der Waals surface area contributed by atoms with Gasteiger partial charge in [0.05, 0.1) is 6.04 Å². The fourth-order valence-corrected chi connectivity index (χ4v) is 4.18. The molecule has 1 fully saturated rings. The van der Waals surface area contributed by atoms with E-state index in [0.29, 0.717) is 24.0 Å². The highest BCUT2D eigenvalue weighted by Gasteiger charge is 2.34. The van der Waals surface area contributed by atoms with E-state index in [9.17, 15) is 9.18 Å². The van der Waals surface area contributed by atoms with Crippen molar-refractivity contribution < 1.29 is 13.9 Å². The van der Waals surface area contributed by atoms with Gasteiger partial charge in [-0.05, 0) is 68.7 Å². The minimum atomic E-state index is -0.268. The van der Waals surface area contributed by atoms with Crippen LogP contribution in [0.2, 0.25) is 5.02 Å². The van der Waals surface area contributed by atoms with Crippen LogP contribution in [-0.4, -0.2) is 41.1 Å². The third kappa shape index (κ3) is 4.81. The van der Waals surface area contributed by atoms with Gasteiger partial charge in [-0.1, -0.05) is 23.7 Å². The lowest BCUT2D eigenvalue weighted by molar-refractivity contribution is 0.0281. The predicted molar refractivity (Wildman–Crippen MR) is 113 cm³/mol. The summed E-state index contributed by atoms with van der Waals surface area (Å²) in [5, 5.41) is 0.690.